The van der Waals surface area contributed by atoms with Crippen molar-refractivity contribution in [2.24, 2.45) is 0 Å². The number of nitrogens with zero attached hydrogens (tertiary/aromatic N) is 1. The van der Waals surface area contributed by atoms with Gasteiger partial charge in [-0.1, -0.05) is 0 Å². The number of aromatic hydroxyl groups is 1. The third kappa shape index (κ3) is 4.63. The lowest BCUT2D eigenvalue weighted by Gasteiger charge is -2.09. The Morgan fingerprint density at radius 2 is 2.11 bits per heavy atom. The van der Waals surface area contributed by atoms with Crippen molar-refractivity contribution >= 4 is 11.6 Å². The van der Waals surface area contributed by atoms with Crippen LogP contribution in [0.15, 0.2) is 18.2 Å². The summed E-state index contributed by atoms with van der Waals surface area (Å²) in [5.74, 6) is -0.245. The zero-order valence-electron chi connectivity index (χ0n) is 10.9. The van der Waals surface area contributed by atoms with Gasteiger partial charge in [-0.3, -0.25) is 4.79 Å². The summed E-state index contributed by atoms with van der Waals surface area (Å²) in [7, 11) is 4.05. The van der Waals surface area contributed by atoms with Crippen LogP contribution in [-0.2, 0) is 0 Å². The molecule has 1 aromatic carbocycles. The molecule has 0 heterocycles. The molecular weight excluding hydrogens is 230 g/mol. The van der Waals surface area contributed by atoms with Gasteiger partial charge in [0.2, 0.25) is 0 Å². The third-order valence-electron chi connectivity index (χ3n) is 2.61. The Labute approximate surface area is 108 Å². The summed E-state index contributed by atoms with van der Waals surface area (Å²) in [6.07, 6.45) is 1.98. The molecule has 0 aromatic heterocycles. The first kappa shape index (κ1) is 14.3. The molecule has 0 aliphatic carbocycles. The molecule has 100 valence electrons. The molecule has 0 radical (unpaired) electrons. The molecule has 0 atom stereocenters. The standard InChI is InChI=1S/C13H21N3O2/c1-16(2)8-4-3-7-15-13(18)10-5-6-11(14)12(17)9-10/h5-6,9,17H,3-4,7-8,14H2,1-2H3,(H,15,18). The van der Waals surface area contributed by atoms with Crippen molar-refractivity contribution in [2.75, 3.05) is 32.9 Å². The summed E-state index contributed by atoms with van der Waals surface area (Å²) in [4.78, 5) is 13.8. The molecule has 1 aromatic rings. The average Bonchev–Trinajstić information content (AvgIpc) is 2.31. The Morgan fingerprint density at radius 3 is 2.72 bits per heavy atom. The van der Waals surface area contributed by atoms with Crippen molar-refractivity contribution in [1.82, 2.24) is 10.2 Å². The maximum atomic E-state index is 11.7. The van der Waals surface area contributed by atoms with Crippen LogP contribution < -0.4 is 11.1 Å². The minimum atomic E-state index is -0.185. The number of carbonyl (C=O) groups excluding carboxylic acids is 1. The number of rotatable bonds is 6. The van der Waals surface area contributed by atoms with Crippen LogP contribution in [0.4, 0.5) is 5.69 Å². The van der Waals surface area contributed by atoms with Gasteiger partial charge in [0.1, 0.15) is 5.75 Å². The fourth-order valence-corrected chi connectivity index (χ4v) is 1.54. The van der Waals surface area contributed by atoms with Crippen molar-refractivity contribution in [1.29, 1.82) is 0 Å². The van der Waals surface area contributed by atoms with E-state index in [0.29, 0.717) is 12.1 Å². The summed E-state index contributed by atoms with van der Waals surface area (Å²) in [6, 6.07) is 4.50. The zero-order valence-corrected chi connectivity index (χ0v) is 10.9. The van der Waals surface area contributed by atoms with Gasteiger partial charge < -0.3 is 21.1 Å². The molecule has 0 aliphatic rings. The maximum absolute atomic E-state index is 11.7. The highest BCUT2D eigenvalue weighted by molar-refractivity contribution is 5.95. The van der Waals surface area contributed by atoms with Crippen molar-refractivity contribution in [3.63, 3.8) is 0 Å². The van der Waals surface area contributed by atoms with Gasteiger partial charge in [0.25, 0.3) is 5.91 Å². The molecule has 1 rings (SSSR count). The number of benzene rings is 1. The lowest BCUT2D eigenvalue weighted by molar-refractivity contribution is 0.0952. The quantitative estimate of drug-likeness (QED) is 0.401. The van der Waals surface area contributed by atoms with E-state index in [1.165, 1.54) is 12.1 Å². The Morgan fingerprint density at radius 1 is 1.39 bits per heavy atom. The SMILES string of the molecule is CN(C)CCCCNC(=O)c1ccc(N)c(O)c1. The highest BCUT2D eigenvalue weighted by atomic mass is 16.3. The topological polar surface area (TPSA) is 78.6 Å². The lowest BCUT2D eigenvalue weighted by atomic mass is 10.1. The number of nitrogens with one attached hydrogen (secondary N) is 1. The largest absolute Gasteiger partial charge is 0.506 e. The number of nitrogen functional groups attached to an aromatic ring is 1. The second-order valence-electron chi connectivity index (χ2n) is 4.54. The number of hydrogen-bond donors (Lipinski definition) is 3. The first-order chi connectivity index (χ1) is 8.50. The molecular formula is C13H21N3O2. The van der Waals surface area contributed by atoms with Crippen molar-refractivity contribution < 1.29 is 9.90 Å². The number of phenols is 1. The first-order valence-electron chi connectivity index (χ1n) is 6.02. The zero-order chi connectivity index (χ0) is 13.5. The van der Waals surface area contributed by atoms with Gasteiger partial charge in [0.05, 0.1) is 5.69 Å². The van der Waals surface area contributed by atoms with Gasteiger partial charge in [-0.15, -0.1) is 0 Å². The van der Waals surface area contributed by atoms with Gasteiger partial charge in [0, 0.05) is 12.1 Å². The van der Waals surface area contributed by atoms with E-state index in [-0.39, 0.29) is 17.3 Å². The van der Waals surface area contributed by atoms with Crippen LogP contribution in [-0.4, -0.2) is 43.1 Å². The summed E-state index contributed by atoms with van der Waals surface area (Å²) in [5, 5.41) is 12.2. The van der Waals surface area contributed by atoms with E-state index in [1.54, 1.807) is 6.07 Å². The summed E-state index contributed by atoms with van der Waals surface area (Å²) < 4.78 is 0. The fraction of sp³-hybridized carbons (Fsp3) is 0.462. The molecule has 0 saturated carbocycles. The third-order valence-corrected chi connectivity index (χ3v) is 2.61. The van der Waals surface area contributed by atoms with Crippen LogP contribution in [0, 0.1) is 0 Å². The minimum Gasteiger partial charge on any atom is -0.506 e. The van der Waals surface area contributed by atoms with Crippen LogP contribution in [0.25, 0.3) is 0 Å². The Balaban J connectivity index is 2.34. The van der Waals surface area contributed by atoms with Gasteiger partial charge >= 0.3 is 0 Å². The van der Waals surface area contributed by atoms with Crippen molar-refractivity contribution in [3.05, 3.63) is 23.8 Å². The first-order valence-corrected chi connectivity index (χ1v) is 6.02. The second kappa shape index (κ2) is 6.86. The molecule has 0 unspecified atom stereocenters. The van der Waals surface area contributed by atoms with Crippen LogP contribution in [0.5, 0.6) is 5.75 Å². The number of carbonyl (C=O) groups is 1. The molecule has 0 fully saturated rings. The molecule has 4 N–H and O–H groups in total. The summed E-state index contributed by atoms with van der Waals surface area (Å²) in [5.41, 5.74) is 6.17. The normalized spacial score (nSPS) is 10.6. The molecule has 0 bridgehead atoms. The predicted octanol–water partition coefficient (Wildman–Crippen LogP) is 1.05. The van der Waals surface area contributed by atoms with E-state index in [2.05, 4.69) is 10.2 Å². The average molecular weight is 251 g/mol. The molecule has 0 spiro atoms. The van der Waals surface area contributed by atoms with Gasteiger partial charge in [-0.2, -0.15) is 0 Å². The highest BCUT2D eigenvalue weighted by Crippen LogP contribution is 2.20. The highest BCUT2D eigenvalue weighted by Gasteiger charge is 2.07. The number of nitrogens with two attached hydrogens (primary N) is 1. The Bertz CT molecular complexity index is 405. The number of phenolic OH excluding ortho intramolecular Hbond substituents is 1. The van der Waals surface area contributed by atoms with Crippen molar-refractivity contribution in [2.45, 2.75) is 12.8 Å². The van der Waals surface area contributed by atoms with E-state index >= 15 is 0 Å². The van der Waals surface area contributed by atoms with Gasteiger partial charge in [-0.05, 0) is 51.7 Å². The predicted molar refractivity (Wildman–Crippen MR) is 72.6 cm³/mol. The maximum Gasteiger partial charge on any atom is 0.251 e. The van der Waals surface area contributed by atoms with E-state index < -0.39 is 0 Å². The van der Waals surface area contributed by atoms with Crippen LogP contribution in [0.3, 0.4) is 0 Å². The van der Waals surface area contributed by atoms with E-state index in [0.717, 1.165) is 19.4 Å². The van der Waals surface area contributed by atoms with Crippen LogP contribution in [0.1, 0.15) is 23.2 Å². The van der Waals surface area contributed by atoms with E-state index in [9.17, 15) is 9.90 Å². The second-order valence-corrected chi connectivity index (χ2v) is 4.54. The van der Waals surface area contributed by atoms with E-state index in [1.807, 2.05) is 14.1 Å². The molecule has 5 heteroatoms. The smallest absolute Gasteiger partial charge is 0.251 e. The van der Waals surface area contributed by atoms with Crippen LogP contribution >= 0.6 is 0 Å². The minimum absolute atomic E-state index is 0.0599. The Hall–Kier alpha value is -1.75. The number of amides is 1. The molecule has 0 aliphatic heterocycles. The summed E-state index contributed by atoms with van der Waals surface area (Å²) in [6.45, 7) is 1.65. The van der Waals surface area contributed by atoms with E-state index in [4.69, 9.17) is 5.73 Å². The number of anilines is 1. The molecule has 18 heavy (non-hydrogen) atoms. The van der Waals surface area contributed by atoms with Gasteiger partial charge in [-0.25, -0.2) is 0 Å². The van der Waals surface area contributed by atoms with Gasteiger partial charge in [0.15, 0.2) is 0 Å². The molecule has 0 saturated heterocycles. The fourth-order valence-electron chi connectivity index (χ4n) is 1.54. The lowest BCUT2D eigenvalue weighted by Crippen LogP contribution is -2.25. The summed E-state index contributed by atoms with van der Waals surface area (Å²) >= 11 is 0. The number of hydrogen-bond acceptors (Lipinski definition) is 4. The molecule has 5 nitrogen and oxygen atoms in total. The molecule has 1 amide bonds. The van der Waals surface area contributed by atoms with Crippen molar-refractivity contribution in [3.8, 4) is 5.75 Å². The Kier molecular flexibility index (Phi) is 5.45. The number of unbranched alkanes of at least 4 members (excludes halogenated alkanes) is 1. The monoisotopic (exact) mass is 251 g/mol. The van der Waals surface area contributed by atoms with Crippen LogP contribution in [0.2, 0.25) is 0 Å².